The molecule has 0 unspecified atom stereocenters. The molecule has 0 amide bonds. The summed E-state index contributed by atoms with van der Waals surface area (Å²) in [7, 11) is 0. The lowest BCUT2D eigenvalue weighted by Gasteiger charge is -2.20. The molecule has 6 N–H and O–H groups in total. The Balaban J connectivity index is 1.85. The van der Waals surface area contributed by atoms with Crippen LogP contribution in [0.3, 0.4) is 0 Å². The maximum Gasteiger partial charge on any atom is 0.285 e. The number of nitrogens with zero attached hydrogens (tertiary/aromatic N) is 4. The molecule has 0 aromatic carbocycles. The first-order valence-electron chi connectivity index (χ1n) is 7.56. The fourth-order valence-electron chi connectivity index (χ4n) is 3.13. The summed E-state index contributed by atoms with van der Waals surface area (Å²) in [6, 6.07) is 0. The number of aliphatic hydroxyl groups is 5. The van der Waals surface area contributed by atoms with E-state index in [9.17, 15) is 30.3 Å². The second-order valence-electron chi connectivity index (χ2n) is 6.31. The normalized spacial score (nSPS) is 37.4. The lowest BCUT2D eigenvalue weighted by molar-refractivity contribution is -0.0676. The van der Waals surface area contributed by atoms with E-state index in [1.807, 2.05) is 0 Å². The first kappa shape index (κ1) is 16.4. The Morgan fingerprint density at radius 3 is 2.72 bits per heavy atom. The molecule has 4 heterocycles. The second-order valence-corrected chi connectivity index (χ2v) is 6.31. The molecule has 0 spiro atoms. The second kappa shape index (κ2) is 5.20. The number of aliphatic hydroxyl groups excluding tert-OH is 4. The van der Waals surface area contributed by atoms with Gasteiger partial charge in [0.05, 0.1) is 12.9 Å². The van der Waals surface area contributed by atoms with Crippen LogP contribution >= 0.6 is 0 Å². The number of hydrogen-bond donors (Lipinski definition) is 6. The Bertz CT molecular complexity index is 893. The third-order valence-corrected chi connectivity index (χ3v) is 4.53. The van der Waals surface area contributed by atoms with E-state index in [-0.39, 0.29) is 17.1 Å². The highest BCUT2D eigenvalue weighted by molar-refractivity contribution is 5.72. The van der Waals surface area contributed by atoms with Crippen LogP contribution in [0.25, 0.3) is 11.2 Å². The van der Waals surface area contributed by atoms with Crippen LogP contribution < -0.4 is 10.9 Å². The van der Waals surface area contributed by atoms with E-state index in [0.29, 0.717) is 0 Å². The van der Waals surface area contributed by atoms with Crippen LogP contribution in [0.15, 0.2) is 11.1 Å². The molecular formula is C13H17N5O7. The average Bonchev–Trinajstić information content (AvgIpc) is 3.16. The number of ether oxygens (including phenoxy) is 1. The van der Waals surface area contributed by atoms with Gasteiger partial charge in [0.1, 0.15) is 18.3 Å². The standard InChI is InChI=1S/C13H17N5O7/c1-13(24)11(23)18-9(22)5-8(15-12(18)16-13)17(3-14-5)10-7(21)6(20)4(2-19)25-10/h3-4,6-7,10-11,19-21,23-24H,2H2,1H3,(H,15,16)/t4-,6+,7+,10-,11-,13-/m0/s1. The van der Waals surface area contributed by atoms with Crippen LogP contribution in [0.5, 0.6) is 0 Å². The molecule has 6 atom stereocenters. The quantitative estimate of drug-likeness (QED) is 0.322. The molecule has 4 rings (SSSR count). The van der Waals surface area contributed by atoms with Crippen LogP contribution in [0.2, 0.25) is 0 Å². The number of nitrogens with one attached hydrogen (secondary N) is 1. The highest BCUT2D eigenvalue weighted by atomic mass is 16.6. The van der Waals surface area contributed by atoms with E-state index in [1.165, 1.54) is 17.8 Å². The molecule has 12 heteroatoms. The smallest absolute Gasteiger partial charge is 0.285 e. The number of aromatic nitrogens is 4. The zero-order valence-electron chi connectivity index (χ0n) is 13.0. The van der Waals surface area contributed by atoms with Crippen LogP contribution in [0.1, 0.15) is 19.4 Å². The van der Waals surface area contributed by atoms with Gasteiger partial charge in [-0.15, -0.1) is 0 Å². The van der Waals surface area contributed by atoms with Gasteiger partial charge in [0, 0.05) is 0 Å². The predicted octanol–water partition coefficient (Wildman–Crippen LogP) is -3.17. The van der Waals surface area contributed by atoms with Gasteiger partial charge < -0.3 is 35.6 Å². The summed E-state index contributed by atoms with van der Waals surface area (Å²) in [5.74, 6) is -0.0801. The number of hydrogen-bond acceptors (Lipinski definition) is 10. The van der Waals surface area contributed by atoms with Gasteiger partial charge in [-0.2, -0.15) is 4.98 Å². The molecule has 2 aromatic heterocycles. The molecule has 12 nitrogen and oxygen atoms in total. The van der Waals surface area contributed by atoms with Gasteiger partial charge in [0.25, 0.3) is 5.56 Å². The van der Waals surface area contributed by atoms with Crippen molar-refractivity contribution in [1.29, 1.82) is 0 Å². The SMILES string of the molecule is C[C@@]1(O)Nc2nc3c(ncn3[C@H]3O[C@@H](CO)[C@@H](O)[C@H]3O)c(=O)n2[C@H]1O. The maximum atomic E-state index is 12.6. The van der Waals surface area contributed by atoms with E-state index in [1.54, 1.807) is 0 Å². The van der Waals surface area contributed by atoms with E-state index in [4.69, 9.17) is 4.74 Å². The van der Waals surface area contributed by atoms with Crippen LogP contribution in [0, 0.1) is 0 Å². The van der Waals surface area contributed by atoms with E-state index in [2.05, 4.69) is 15.3 Å². The summed E-state index contributed by atoms with van der Waals surface area (Å²) in [4.78, 5) is 20.7. The summed E-state index contributed by atoms with van der Waals surface area (Å²) in [5.41, 5.74) is -2.56. The Morgan fingerprint density at radius 2 is 2.08 bits per heavy atom. The molecular weight excluding hydrogens is 338 g/mol. The molecule has 0 aliphatic carbocycles. The summed E-state index contributed by atoms with van der Waals surface area (Å²) >= 11 is 0. The van der Waals surface area contributed by atoms with Crippen molar-refractivity contribution >= 4 is 17.1 Å². The first-order valence-corrected chi connectivity index (χ1v) is 7.56. The zero-order chi connectivity index (χ0) is 18.1. The van der Waals surface area contributed by atoms with Crippen molar-refractivity contribution in [2.45, 2.75) is 43.4 Å². The molecule has 2 aliphatic heterocycles. The van der Waals surface area contributed by atoms with Gasteiger partial charge in [-0.1, -0.05) is 0 Å². The molecule has 0 radical (unpaired) electrons. The van der Waals surface area contributed by atoms with Gasteiger partial charge in [0.2, 0.25) is 5.95 Å². The average molecular weight is 355 g/mol. The Morgan fingerprint density at radius 1 is 1.36 bits per heavy atom. The molecule has 0 saturated carbocycles. The van der Waals surface area contributed by atoms with Crippen molar-refractivity contribution < 1.29 is 30.3 Å². The number of fused-ring (bicyclic) bond motifs is 2. The van der Waals surface area contributed by atoms with Crippen molar-refractivity contribution in [2.75, 3.05) is 11.9 Å². The summed E-state index contributed by atoms with van der Waals surface area (Å²) in [6.45, 7) is 0.785. The van der Waals surface area contributed by atoms with Crippen LogP contribution in [-0.4, -0.2) is 75.3 Å². The maximum absolute atomic E-state index is 12.6. The van der Waals surface area contributed by atoms with Gasteiger partial charge in [0.15, 0.2) is 29.3 Å². The topological polar surface area (TPSA) is 175 Å². The highest BCUT2D eigenvalue weighted by Crippen LogP contribution is 2.33. The number of anilines is 1. The van der Waals surface area contributed by atoms with Crippen LogP contribution in [0.4, 0.5) is 5.95 Å². The van der Waals surface area contributed by atoms with Crippen molar-refractivity contribution in [3.8, 4) is 0 Å². The molecule has 2 aliphatic rings. The van der Waals surface area contributed by atoms with Gasteiger partial charge in [-0.05, 0) is 6.92 Å². The van der Waals surface area contributed by atoms with Crippen molar-refractivity contribution in [3.05, 3.63) is 16.7 Å². The Hall–Kier alpha value is -2.09. The molecule has 1 fully saturated rings. The zero-order valence-corrected chi connectivity index (χ0v) is 13.0. The third kappa shape index (κ3) is 2.13. The van der Waals surface area contributed by atoms with E-state index >= 15 is 0 Å². The van der Waals surface area contributed by atoms with Gasteiger partial charge >= 0.3 is 0 Å². The summed E-state index contributed by atoms with van der Waals surface area (Å²) in [6.07, 6.45) is -5.13. The highest BCUT2D eigenvalue weighted by Gasteiger charge is 2.45. The molecule has 136 valence electrons. The third-order valence-electron chi connectivity index (χ3n) is 4.53. The minimum Gasteiger partial charge on any atom is -0.394 e. The minimum atomic E-state index is -1.79. The summed E-state index contributed by atoms with van der Waals surface area (Å²) in [5, 5.41) is 51.9. The fourth-order valence-corrected chi connectivity index (χ4v) is 3.13. The molecule has 25 heavy (non-hydrogen) atoms. The Labute approximate surface area is 139 Å². The van der Waals surface area contributed by atoms with Crippen molar-refractivity contribution in [2.24, 2.45) is 0 Å². The minimum absolute atomic E-state index is 0.0310. The fraction of sp³-hybridized carbons (Fsp3) is 0.615. The lowest BCUT2D eigenvalue weighted by Crippen LogP contribution is -2.38. The largest absolute Gasteiger partial charge is 0.394 e. The predicted molar refractivity (Wildman–Crippen MR) is 80.3 cm³/mol. The van der Waals surface area contributed by atoms with Crippen molar-refractivity contribution in [3.63, 3.8) is 0 Å². The van der Waals surface area contributed by atoms with Gasteiger partial charge in [-0.3, -0.25) is 9.36 Å². The Kier molecular flexibility index (Phi) is 3.41. The monoisotopic (exact) mass is 355 g/mol. The van der Waals surface area contributed by atoms with E-state index in [0.717, 1.165) is 4.57 Å². The molecule has 2 aromatic rings. The summed E-state index contributed by atoms with van der Waals surface area (Å²) < 4.78 is 7.54. The van der Waals surface area contributed by atoms with Crippen molar-refractivity contribution in [1.82, 2.24) is 19.1 Å². The molecule has 1 saturated heterocycles. The molecule has 0 bridgehead atoms. The number of rotatable bonds is 2. The van der Waals surface area contributed by atoms with E-state index < -0.39 is 48.7 Å². The lowest BCUT2D eigenvalue weighted by atomic mass is 10.1. The number of imidazole rings is 1. The first-order chi connectivity index (χ1) is 11.8. The van der Waals surface area contributed by atoms with Gasteiger partial charge in [-0.25, -0.2) is 9.55 Å². The van der Waals surface area contributed by atoms with Crippen LogP contribution in [-0.2, 0) is 4.74 Å².